The van der Waals surface area contributed by atoms with Gasteiger partial charge in [-0.2, -0.15) is 0 Å². The zero-order chi connectivity index (χ0) is 17.1. The summed E-state index contributed by atoms with van der Waals surface area (Å²) < 4.78 is 5.41. The summed E-state index contributed by atoms with van der Waals surface area (Å²) >= 11 is 3.27. The number of rotatable bonds is 5. The van der Waals surface area contributed by atoms with Crippen LogP contribution in [0.1, 0.15) is 31.1 Å². The Balaban J connectivity index is 1.72. The highest BCUT2D eigenvalue weighted by Gasteiger charge is 2.36. The molecule has 0 radical (unpaired) electrons. The van der Waals surface area contributed by atoms with Crippen molar-refractivity contribution in [3.63, 3.8) is 0 Å². The largest absolute Gasteiger partial charge is 0.456 e. The van der Waals surface area contributed by atoms with Crippen LogP contribution < -0.4 is 0 Å². The predicted octanol–water partition coefficient (Wildman–Crippen LogP) is 2.90. The molecule has 2 aromatic rings. The number of halogens is 1. The first kappa shape index (κ1) is 16.4. The number of ether oxygens (including phenoxy) is 1. The molecular formula is C18H14BrNO4. The van der Waals surface area contributed by atoms with Gasteiger partial charge in [0.25, 0.3) is 11.8 Å². The predicted molar refractivity (Wildman–Crippen MR) is 91.2 cm³/mol. The Morgan fingerprint density at radius 2 is 1.50 bits per heavy atom. The van der Waals surface area contributed by atoms with Crippen molar-refractivity contribution in [2.45, 2.75) is 6.10 Å². The van der Waals surface area contributed by atoms with Crippen LogP contribution in [0.25, 0.3) is 0 Å². The number of hydrogen-bond donors (Lipinski definition) is 0. The average molecular weight is 388 g/mol. The van der Waals surface area contributed by atoms with Crippen molar-refractivity contribution >= 4 is 33.7 Å². The van der Waals surface area contributed by atoms with Gasteiger partial charge >= 0.3 is 5.97 Å². The van der Waals surface area contributed by atoms with Crippen LogP contribution in [0, 0.1) is 0 Å². The Morgan fingerprint density at radius 3 is 2.04 bits per heavy atom. The van der Waals surface area contributed by atoms with E-state index in [1.165, 1.54) is 0 Å². The molecular weight excluding hydrogens is 374 g/mol. The molecule has 0 N–H and O–H groups in total. The Hall–Kier alpha value is -2.47. The van der Waals surface area contributed by atoms with Gasteiger partial charge < -0.3 is 4.74 Å². The van der Waals surface area contributed by atoms with E-state index in [4.69, 9.17) is 4.74 Å². The molecule has 5 nitrogen and oxygen atoms in total. The molecule has 3 rings (SSSR count). The lowest BCUT2D eigenvalue weighted by Gasteiger charge is -2.21. The van der Waals surface area contributed by atoms with Gasteiger partial charge in [-0.15, -0.1) is 0 Å². The minimum atomic E-state index is -0.625. The second kappa shape index (κ2) is 6.97. The van der Waals surface area contributed by atoms with Crippen LogP contribution >= 0.6 is 15.9 Å². The van der Waals surface area contributed by atoms with Gasteiger partial charge in [-0.05, 0) is 24.3 Å². The second-order valence-electron chi connectivity index (χ2n) is 5.31. The van der Waals surface area contributed by atoms with E-state index in [1.54, 1.807) is 54.6 Å². The van der Waals surface area contributed by atoms with Crippen LogP contribution in [-0.4, -0.2) is 40.7 Å². The maximum Gasteiger partial charge on any atom is 0.338 e. The smallest absolute Gasteiger partial charge is 0.338 e. The Labute approximate surface area is 147 Å². The number of benzene rings is 2. The number of hydrogen-bond acceptors (Lipinski definition) is 4. The number of carbonyl (C=O) groups is 3. The molecule has 0 aliphatic carbocycles. The van der Waals surface area contributed by atoms with E-state index < -0.39 is 12.1 Å². The molecule has 1 heterocycles. The molecule has 0 spiro atoms. The summed E-state index contributed by atoms with van der Waals surface area (Å²) in [5.74, 6) is -1.22. The fraction of sp³-hybridized carbons (Fsp3) is 0.167. The van der Waals surface area contributed by atoms with Crippen molar-refractivity contribution in [3.05, 3.63) is 71.3 Å². The molecule has 0 saturated carbocycles. The average Bonchev–Trinajstić information content (AvgIpc) is 2.87. The number of esters is 1. The van der Waals surface area contributed by atoms with Gasteiger partial charge in [0, 0.05) is 5.33 Å². The van der Waals surface area contributed by atoms with Crippen molar-refractivity contribution in [2.24, 2.45) is 0 Å². The highest BCUT2D eigenvalue weighted by atomic mass is 79.9. The van der Waals surface area contributed by atoms with E-state index in [-0.39, 0.29) is 18.4 Å². The summed E-state index contributed by atoms with van der Waals surface area (Å²) in [7, 11) is 0. The maximum atomic E-state index is 12.4. The summed E-state index contributed by atoms with van der Waals surface area (Å²) in [5, 5.41) is 0.318. The third-order valence-electron chi connectivity index (χ3n) is 3.72. The van der Waals surface area contributed by atoms with Crippen molar-refractivity contribution in [2.75, 3.05) is 11.9 Å². The SMILES string of the molecule is O=C(OC(CBr)CN1C(=O)c2ccccc2C1=O)c1ccccc1. The maximum absolute atomic E-state index is 12.4. The van der Waals surface area contributed by atoms with Crippen LogP contribution in [-0.2, 0) is 4.74 Å². The van der Waals surface area contributed by atoms with Gasteiger partial charge in [0.1, 0.15) is 6.10 Å². The van der Waals surface area contributed by atoms with E-state index in [9.17, 15) is 14.4 Å². The Bertz CT molecular complexity index is 756. The zero-order valence-electron chi connectivity index (χ0n) is 12.6. The monoisotopic (exact) mass is 387 g/mol. The van der Waals surface area contributed by atoms with Gasteiger partial charge in [-0.25, -0.2) is 4.79 Å². The van der Waals surface area contributed by atoms with E-state index in [0.29, 0.717) is 22.0 Å². The van der Waals surface area contributed by atoms with Crippen LogP contribution in [0.3, 0.4) is 0 Å². The first-order chi connectivity index (χ1) is 11.6. The molecule has 2 aromatic carbocycles. The number of fused-ring (bicyclic) bond motifs is 1. The minimum absolute atomic E-state index is 0.0101. The Morgan fingerprint density at radius 1 is 0.958 bits per heavy atom. The van der Waals surface area contributed by atoms with Crippen LogP contribution in [0.4, 0.5) is 0 Å². The van der Waals surface area contributed by atoms with Gasteiger partial charge in [0.15, 0.2) is 0 Å². The minimum Gasteiger partial charge on any atom is -0.456 e. The van der Waals surface area contributed by atoms with Crippen molar-refractivity contribution in [3.8, 4) is 0 Å². The third-order valence-corrected chi connectivity index (χ3v) is 4.44. The van der Waals surface area contributed by atoms with E-state index in [1.807, 2.05) is 0 Å². The van der Waals surface area contributed by atoms with Crippen molar-refractivity contribution in [1.82, 2.24) is 4.90 Å². The fourth-order valence-electron chi connectivity index (χ4n) is 2.52. The molecule has 1 aliphatic rings. The van der Waals surface area contributed by atoms with E-state index in [0.717, 1.165) is 4.90 Å². The van der Waals surface area contributed by atoms with Crippen LogP contribution in [0.2, 0.25) is 0 Å². The summed E-state index contributed by atoms with van der Waals surface area (Å²) in [4.78, 5) is 38.0. The molecule has 24 heavy (non-hydrogen) atoms. The topological polar surface area (TPSA) is 63.7 Å². The molecule has 122 valence electrons. The summed E-state index contributed by atoms with van der Waals surface area (Å²) in [6, 6.07) is 15.2. The lowest BCUT2D eigenvalue weighted by atomic mass is 10.1. The van der Waals surface area contributed by atoms with Crippen LogP contribution in [0.15, 0.2) is 54.6 Å². The van der Waals surface area contributed by atoms with Gasteiger partial charge in [0.2, 0.25) is 0 Å². The van der Waals surface area contributed by atoms with Crippen molar-refractivity contribution in [1.29, 1.82) is 0 Å². The number of nitrogens with zero attached hydrogens (tertiary/aromatic N) is 1. The lowest BCUT2D eigenvalue weighted by molar-refractivity contribution is 0.0251. The molecule has 0 saturated heterocycles. The molecule has 6 heteroatoms. The zero-order valence-corrected chi connectivity index (χ0v) is 14.2. The standard InChI is InChI=1S/C18H14BrNO4/c19-10-13(24-18(23)12-6-2-1-3-7-12)11-20-16(21)14-8-4-5-9-15(14)17(20)22/h1-9,13H,10-11H2. The molecule has 2 amide bonds. The van der Waals surface area contributed by atoms with Gasteiger partial charge in [-0.3, -0.25) is 14.5 Å². The van der Waals surface area contributed by atoms with E-state index >= 15 is 0 Å². The second-order valence-corrected chi connectivity index (χ2v) is 5.96. The van der Waals surface area contributed by atoms with E-state index in [2.05, 4.69) is 15.9 Å². The summed E-state index contributed by atoms with van der Waals surface area (Å²) in [5.41, 5.74) is 1.18. The molecule has 1 aliphatic heterocycles. The molecule has 0 aromatic heterocycles. The number of alkyl halides is 1. The third kappa shape index (κ3) is 3.10. The molecule has 0 fully saturated rings. The fourth-order valence-corrected chi connectivity index (χ4v) is 2.86. The molecule has 1 atom stereocenters. The Kier molecular flexibility index (Phi) is 4.76. The van der Waals surface area contributed by atoms with Gasteiger partial charge in [-0.1, -0.05) is 46.3 Å². The quantitative estimate of drug-likeness (QED) is 0.449. The van der Waals surface area contributed by atoms with Crippen molar-refractivity contribution < 1.29 is 19.1 Å². The highest BCUT2D eigenvalue weighted by Crippen LogP contribution is 2.23. The lowest BCUT2D eigenvalue weighted by Crippen LogP contribution is -2.39. The first-order valence-electron chi connectivity index (χ1n) is 7.39. The van der Waals surface area contributed by atoms with Crippen LogP contribution in [0.5, 0.6) is 0 Å². The number of imide groups is 1. The summed E-state index contributed by atoms with van der Waals surface area (Å²) in [6.45, 7) is 0.0101. The number of carbonyl (C=O) groups excluding carboxylic acids is 3. The molecule has 1 unspecified atom stereocenters. The number of amides is 2. The molecule has 0 bridgehead atoms. The summed E-state index contributed by atoms with van der Waals surface area (Å²) in [6.07, 6.45) is -0.625. The first-order valence-corrected chi connectivity index (χ1v) is 8.51. The normalized spacial score (nSPS) is 14.5. The highest BCUT2D eigenvalue weighted by molar-refractivity contribution is 9.09. The van der Waals surface area contributed by atoms with Gasteiger partial charge in [0.05, 0.1) is 23.2 Å².